The third kappa shape index (κ3) is 3.83. The zero-order valence-corrected chi connectivity index (χ0v) is 16.8. The van der Waals surface area contributed by atoms with Crippen LogP contribution in [0.15, 0.2) is 42.5 Å². The van der Waals surface area contributed by atoms with Crippen LogP contribution in [0.2, 0.25) is 0 Å². The molecule has 1 saturated carbocycles. The van der Waals surface area contributed by atoms with E-state index in [0.717, 1.165) is 23.6 Å². The Bertz CT molecular complexity index is 964. The second-order valence-electron chi connectivity index (χ2n) is 7.42. The van der Waals surface area contributed by atoms with Crippen LogP contribution in [0, 0.1) is 13.8 Å². The number of hydrogen-bond acceptors (Lipinski definition) is 2. The lowest BCUT2D eigenvalue weighted by atomic mass is 10.0. The van der Waals surface area contributed by atoms with Crippen LogP contribution in [0.1, 0.15) is 42.6 Å². The Hall–Kier alpha value is -2.40. The molecule has 1 aliphatic rings. The molecule has 0 amide bonds. The summed E-state index contributed by atoms with van der Waals surface area (Å²) >= 11 is 5.53. The number of fused-ring (bicyclic) bond motifs is 1. The van der Waals surface area contributed by atoms with E-state index in [4.69, 9.17) is 17.3 Å². The Labute approximate surface area is 166 Å². The van der Waals surface area contributed by atoms with E-state index >= 15 is 0 Å². The maximum absolute atomic E-state index is 5.53. The molecule has 2 aromatic carbocycles. The number of nitrogens with zero attached hydrogens (tertiary/aromatic N) is 2. The van der Waals surface area contributed by atoms with Crippen molar-refractivity contribution in [2.75, 3.05) is 5.32 Å². The number of aryl methyl sites for hydroxylation is 1. The summed E-state index contributed by atoms with van der Waals surface area (Å²) in [5.41, 5.74) is 4.38. The summed E-state index contributed by atoms with van der Waals surface area (Å²) in [5.74, 6) is 0. The maximum atomic E-state index is 5.53. The minimum absolute atomic E-state index is 0.511. The molecule has 27 heavy (non-hydrogen) atoms. The second-order valence-corrected chi connectivity index (χ2v) is 7.83. The van der Waals surface area contributed by atoms with Crippen molar-refractivity contribution in [3.8, 4) is 0 Å². The smallest absolute Gasteiger partial charge is 0.171 e. The summed E-state index contributed by atoms with van der Waals surface area (Å²) < 4.78 is 2.07. The minimum atomic E-state index is 0.511. The van der Waals surface area contributed by atoms with Crippen LogP contribution in [0.5, 0.6) is 0 Å². The molecule has 1 heterocycles. The van der Waals surface area contributed by atoms with Crippen molar-refractivity contribution in [2.45, 2.75) is 52.1 Å². The van der Waals surface area contributed by atoms with Gasteiger partial charge in [-0.1, -0.05) is 55.3 Å². The van der Waals surface area contributed by atoms with Crippen molar-refractivity contribution in [1.29, 1.82) is 0 Å². The van der Waals surface area contributed by atoms with Gasteiger partial charge in [0.1, 0.15) is 0 Å². The lowest BCUT2D eigenvalue weighted by Crippen LogP contribution is -2.36. The summed E-state index contributed by atoms with van der Waals surface area (Å²) in [6.45, 7) is 4.89. The van der Waals surface area contributed by atoms with E-state index in [1.54, 1.807) is 0 Å². The standard InChI is InChI=1S/C22H26N4S/c1-15-21(24-22(27)23-19-11-4-5-12-19)16(2)26(25-15)14-18-10-7-9-17-8-3-6-13-20(17)18/h3,6-10,13,19H,4-5,11-12,14H2,1-2H3,(H2,23,24,27). The van der Waals surface area contributed by atoms with Crippen LogP contribution in [-0.4, -0.2) is 20.9 Å². The number of benzene rings is 2. The molecule has 0 aliphatic heterocycles. The van der Waals surface area contributed by atoms with Gasteiger partial charge in [-0.15, -0.1) is 0 Å². The molecule has 1 fully saturated rings. The normalized spacial score (nSPS) is 14.6. The van der Waals surface area contributed by atoms with Gasteiger partial charge in [0, 0.05) is 6.04 Å². The molecule has 0 bridgehead atoms. The minimum Gasteiger partial charge on any atom is -0.360 e. The number of aromatic nitrogens is 2. The van der Waals surface area contributed by atoms with Gasteiger partial charge in [-0.05, 0) is 55.2 Å². The fourth-order valence-corrected chi connectivity index (χ4v) is 4.30. The van der Waals surface area contributed by atoms with Gasteiger partial charge in [0.25, 0.3) is 0 Å². The summed E-state index contributed by atoms with van der Waals surface area (Å²) in [6, 6.07) is 15.5. The highest BCUT2D eigenvalue weighted by Crippen LogP contribution is 2.24. The zero-order chi connectivity index (χ0) is 18.8. The first kappa shape index (κ1) is 18.0. The lowest BCUT2D eigenvalue weighted by Gasteiger charge is -2.16. The van der Waals surface area contributed by atoms with E-state index in [-0.39, 0.29) is 0 Å². The molecule has 0 radical (unpaired) electrons. The molecule has 1 aliphatic carbocycles. The monoisotopic (exact) mass is 378 g/mol. The number of nitrogens with one attached hydrogen (secondary N) is 2. The summed E-state index contributed by atoms with van der Waals surface area (Å²) in [7, 11) is 0. The molecule has 2 N–H and O–H groups in total. The highest BCUT2D eigenvalue weighted by Gasteiger charge is 2.18. The number of thiocarbonyl (C=S) groups is 1. The first-order chi connectivity index (χ1) is 13.1. The molecule has 4 rings (SSSR count). The number of hydrogen-bond donors (Lipinski definition) is 2. The van der Waals surface area contributed by atoms with Gasteiger partial charge in [-0.3, -0.25) is 4.68 Å². The van der Waals surface area contributed by atoms with Gasteiger partial charge < -0.3 is 10.6 Å². The van der Waals surface area contributed by atoms with Crippen LogP contribution in [0.4, 0.5) is 5.69 Å². The molecule has 1 aromatic heterocycles. The molecular weight excluding hydrogens is 352 g/mol. The Morgan fingerprint density at radius 3 is 2.67 bits per heavy atom. The van der Waals surface area contributed by atoms with Crippen molar-refractivity contribution in [3.05, 3.63) is 59.4 Å². The van der Waals surface area contributed by atoms with Crippen molar-refractivity contribution >= 4 is 33.8 Å². The van der Waals surface area contributed by atoms with E-state index in [1.165, 1.54) is 42.0 Å². The first-order valence-corrected chi connectivity index (χ1v) is 10.1. The van der Waals surface area contributed by atoms with E-state index in [0.29, 0.717) is 11.2 Å². The van der Waals surface area contributed by atoms with Gasteiger partial charge >= 0.3 is 0 Å². The molecule has 4 nitrogen and oxygen atoms in total. The van der Waals surface area contributed by atoms with Crippen LogP contribution >= 0.6 is 12.2 Å². The van der Waals surface area contributed by atoms with Crippen molar-refractivity contribution in [3.63, 3.8) is 0 Å². The zero-order valence-electron chi connectivity index (χ0n) is 16.0. The maximum Gasteiger partial charge on any atom is 0.171 e. The third-order valence-electron chi connectivity index (χ3n) is 5.51. The van der Waals surface area contributed by atoms with E-state index in [1.807, 2.05) is 6.92 Å². The Balaban J connectivity index is 1.54. The predicted molar refractivity (Wildman–Crippen MR) is 116 cm³/mol. The van der Waals surface area contributed by atoms with Crippen LogP contribution in [0.25, 0.3) is 10.8 Å². The van der Waals surface area contributed by atoms with Gasteiger partial charge in [0.2, 0.25) is 0 Å². The van der Waals surface area contributed by atoms with Gasteiger partial charge in [-0.25, -0.2) is 0 Å². The molecule has 0 unspecified atom stereocenters. The number of rotatable bonds is 4. The summed E-state index contributed by atoms with van der Waals surface area (Å²) in [4.78, 5) is 0. The van der Waals surface area contributed by atoms with Gasteiger partial charge in [-0.2, -0.15) is 5.10 Å². The fraction of sp³-hybridized carbons (Fsp3) is 0.364. The second kappa shape index (κ2) is 7.69. The molecule has 5 heteroatoms. The van der Waals surface area contributed by atoms with Crippen molar-refractivity contribution in [2.24, 2.45) is 0 Å². The average Bonchev–Trinajstić information content (AvgIpc) is 3.26. The third-order valence-corrected chi connectivity index (χ3v) is 5.73. The van der Waals surface area contributed by atoms with E-state index < -0.39 is 0 Å². The quantitative estimate of drug-likeness (QED) is 0.632. The van der Waals surface area contributed by atoms with Crippen molar-refractivity contribution < 1.29 is 0 Å². The predicted octanol–water partition coefficient (Wildman–Crippen LogP) is 4.93. The molecule has 0 saturated heterocycles. The van der Waals surface area contributed by atoms with E-state index in [9.17, 15) is 0 Å². The molecule has 140 valence electrons. The molecule has 0 atom stereocenters. The lowest BCUT2D eigenvalue weighted by molar-refractivity contribution is 0.634. The van der Waals surface area contributed by atoms with Crippen LogP contribution in [-0.2, 0) is 6.54 Å². The fourth-order valence-electron chi connectivity index (χ4n) is 4.03. The van der Waals surface area contributed by atoms with E-state index in [2.05, 4.69) is 64.7 Å². The summed E-state index contributed by atoms with van der Waals surface area (Å²) in [5, 5.41) is 14.8. The Morgan fingerprint density at radius 2 is 1.85 bits per heavy atom. The molecular formula is C22H26N4S. The average molecular weight is 379 g/mol. The summed E-state index contributed by atoms with van der Waals surface area (Å²) in [6.07, 6.45) is 5.00. The molecule has 0 spiro atoms. The topological polar surface area (TPSA) is 41.9 Å². The number of anilines is 1. The van der Waals surface area contributed by atoms with Crippen molar-refractivity contribution in [1.82, 2.24) is 15.1 Å². The first-order valence-electron chi connectivity index (χ1n) is 9.70. The molecule has 3 aromatic rings. The largest absolute Gasteiger partial charge is 0.360 e. The SMILES string of the molecule is Cc1nn(Cc2cccc3ccccc23)c(C)c1NC(=S)NC1CCCC1. The highest BCUT2D eigenvalue weighted by molar-refractivity contribution is 7.80. The highest BCUT2D eigenvalue weighted by atomic mass is 32.1. The Morgan fingerprint density at radius 1 is 1.11 bits per heavy atom. The van der Waals surface area contributed by atoms with Gasteiger partial charge in [0.15, 0.2) is 5.11 Å². The van der Waals surface area contributed by atoms with Crippen LogP contribution in [0.3, 0.4) is 0 Å². The van der Waals surface area contributed by atoms with Crippen LogP contribution < -0.4 is 10.6 Å². The Kier molecular flexibility index (Phi) is 5.12. The van der Waals surface area contributed by atoms with Gasteiger partial charge in [0.05, 0.1) is 23.6 Å².